The fourth-order valence-electron chi connectivity index (χ4n) is 5.88. The highest BCUT2D eigenvalue weighted by atomic mass is 19.1. The van der Waals surface area contributed by atoms with Crippen molar-refractivity contribution < 1.29 is 28.2 Å². The molecule has 0 bridgehead atoms. The maximum absolute atomic E-state index is 14.4. The molecule has 0 saturated carbocycles. The Kier molecular flexibility index (Phi) is 9.05. The molecule has 2 heterocycles. The minimum atomic E-state index is -0.454. The first-order chi connectivity index (χ1) is 20.7. The Bertz CT molecular complexity index is 1500. The number of benzene rings is 2. The van der Waals surface area contributed by atoms with Gasteiger partial charge < -0.3 is 33.9 Å². The molecule has 1 fully saturated rings. The van der Waals surface area contributed by atoms with Gasteiger partial charge in [-0.1, -0.05) is 19.1 Å². The number of carbonyl (C=O) groups is 2. The summed E-state index contributed by atoms with van der Waals surface area (Å²) in [5.74, 6) is 0.235. The van der Waals surface area contributed by atoms with Gasteiger partial charge in [0, 0.05) is 51.5 Å². The van der Waals surface area contributed by atoms with Crippen molar-refractivity contribution in [2.24, 2.45) is 13.0 Å². The van der Waals surface area contributed by atoms with Crippen molar-refractivity contribution in [3.05, 3.63) is 76.9 Å². The molecule has 2 unspecified atom stereocenters. The van der Waals surface area contributed by atoms with E-state index in [2.05, 4.69) is 17.1 Å². The number of rotatable bonds is 8. The van der Waals surface area contributed by atoms with Crippen molar-refractivity contribution in [2.45, 2.75) is 25.8 Å². The second kappa shape index (κ2) is 12.9. The number of allylic oxidation sites excluding steroid dienone is 1. The normalized spacial score (nSPS) is 19.3. The molecule has 1 aliphatic carbocycles. The predicted octanol–water partition coefficient (Wildman–Crippen LogP) is 4.91. The third kappa shape index (κ3) is 6.54. The molecule has 1 N–H and O–H groups in total. The zero-order valence-electron chi connectivity index (χ0n) is 25.4. The molecule has 2 atom stereocenters. The highest BCUT2D eigenvalue weighted by Crippen LogP contribution is 2.49. The number of fused-ring (bicyclic) bond motifs is 1. The van der Waals surface area contributed by atoms with Gasteiger partial charge in [0.05, 0.1) is 20.8 Å². The van der Waals surface area contributed by atoms with Crippen LogP contribution in [0.15, 0.2) is 48.7 Å². The SMILES string of the molecule is COc1cc(/C=C2\c3ccc(F)cc3C(CC(=O)NCc3cccn3C)C2C)cc(OC)c1OC(=O)N1CCN(C)CC1. The molecule has 9 nitrogen and oxygen atoms in total. The number of hydrogen-bond donors (Lipinski definition) is 1. The molecule has 43 heavy (non-hydrogen) atoms. The minimum Gasteiger partial charge on any atom is -0.493 e. The first kappa shape index (κ1) is 30.2. The Morgan fingerprint density at radius 2 is 1.72 bits per heavy atom. The lowest BCUT2D eigenvalue weighted by Crippen LogP contribution is -2.48. The molecule has 228 valence electrons. The number of methoxy groups -OCH3 is 2. The van der Waals surface area contributed by atoms with Gasteiger partial charge in [-0.05, 0) is 77.5 Å². The quantitative estimate of drug-likeness (QED) is 0.402. The highest BCUT2D eigenvalue weighted by molar-refractivity contribution is 5.90. The molecular formula is C33H39FN4O5. The number of aromatic nitrogens is 1. The average molecular weight is 591 g/mol. The van der Waals surface area contributed by atoms with E-state index in [1.807, 2.05) is 43.1 Å². The van der Waals surface area contributed by atoms with Crippen LogP contribution in [0.5, 0.6) is 17.2 Å². The highest BCUT2D eigenvalue weighted by Gasteiger charge is 2.35. The van der Waals surface area contributed by atoms with Crippen LogP contribution in [0.4, 0.5) is 9.18 Å². The molecule has 3 aromatic rings. The number of nitrogens with zero attached hydrogens (tertiary/aromatic N) is 3. The summed E-state index contributed by atoms with van der Waals surface area (Å²) in [6, 6.07) is 12.2. The van der Waals surface area contributed by atoms with E-state index < -0.39 is 6.09 Å². The number of halogens is 1. The van der Waals surface area contributed by atoms with Crippen molar-refractivity contribution in [3.8, 4) is 17.2 Å². The number of hydrogen-bond acceptors (Lipinski definition) is 6. The summed E-state index contributed by atoms with van der Waals surface area (Å²) < 4.78 is 33.4. The molecule has 1 aromatic heterocycles. The van der Waals surface area contributed by atoms with Crippen LogP contribution >= 0.6 is 0 Å². The summed E-state index contributed by atoms with van der Waals surface area (Å²) in [5, 5.41) is 3.01. The van der Waals surface area contributed by atoms with E-state index in [9.17, 15) is 14.0 Å². The zero-order valence-corrected chi connectivity index (χ0v) is 25.4. The van der Waals surface area contributed by atoms with Gasteiger partial charge in [0.15, 0.2) is 11.5 Å². The number of aryl methyl sites for hydroxylation is 1. The lowest BCUT2D eigenvalue weighted by atomic mass is 9.88. The van der Waals surface area contributed by atoms with Gasteiger partial charge in [-0.25, -0.2) is 9.18 Å². The first-order valence-corrected chi connectivity index (χ1v) is 14.5. The molecule has 5 rings (SSSR count). The van der Waals surface area contributed by atoms with Crippen LogP contribution in [-0.4, -0.2) is 73.8 Å². The van der Waals surface area contributed by atoms with Crippen LogP contribution in [-0.2, 0) is 18.4 Å². The van der Waals surface area contributed by atoms with Gasteiger partial charge in [-0.3, -0.25) is 4.79 Å². The van der Waals surface area contributed by atoms with Crippen molar-refractivity contribution in [3.63, 3.8) is 0 Å². The molecule has 1 saturated heterocycles. The summed E-state index contributed by atoms with van der Waals surface area (Å²) >= 11 is 0. The number of carbonyl (C=O) groups excluding carboxylic acids is 2. The van der Waals surface area contributed by atoms with Crippen LogP contribution < -0.4 is 19.5 Å². The second-order valence-electron chi connectivity index (χ2n) is 11.2. The molecule has 0 radical (unpaired) electrons. The van der Waals surface area contributed by atoms with Crippen molar-refractivity contribution in [1.29, 1.82) is 0 Å². The number of ether oxygens (including phenoxy) is 3. The van der Waals surface area contributed by atoms with Crippen LogP contribution in [0.1, 0.15) is 41.6 Å². The van der Waals surface area contributed by atoms with Gasteiger partial charge in [-0.2, -0.15) is 0 Å². The third-order valence-corrected chi connectivity index (χ3v) is 8.50. The van der Waals surface area contributed by atoms with Crippen molar-refractivity contribution >= 4 is 23.6 Å². The Morgan fingerprint density at radius 1 is 1.02 bits per heavy atom. The topological polar surface area (TPSA) is 85.3 Å². The monoisotopic (exact) mass is 590 g/mol. The third-order valence-electron chi connectivity index (χ3n) is 8.50. The maximum Gasteiger partial charge on any atom is 0.415 e. The van der Waals surface area contributed by atoms with Crippen molar-refractivity contribution in [1.82, 2.24) is 19.7 Å². The molecule has 2 amide bonds. The Labute approximate surface area is 251 Å². The van der Waals surface area contributed by atoms with Crippen LogP contribution in [0.2, 0.25) is 0 Å². The molecule has 10 heteroatoms. The minimum absolute atomic E-state index is 0.0655. The zero-order chi connectivity index (χ0) is 30.7. The maximum atomic E-state index is 14.4. The molecule has 1 aliphatic heterocycles. The van der Waals surface area contributed by atoms with Crippen LogP contribution in [0.3, 0.4) is 0 Å². The van der Waals surface area contributed by atoms with Gasteiger partial charge in [0.1, 0.15) is 5.82 Å². The lowest BCUT2D eigenvalue weighted by molar-refractivity contribution is -0.121. The van der Waals surface area contributed by atoms with E-state index in [1.54, 1.807) is 23.1 Å². The van der Waals surface area contributed by atoms with E-state index in [-0.39, 0.29) is 35.7 Å². The van der Waals surface area contributed by atoms with E-state index in [1.165, 1.54) is 26.4 Å². The smallest absolute Gasteiger partial charge is 0.415 e. The Balaban J connectivity index is 1.40. The predicted molar refractivity (Wildman–Crippen MR) is 163 cm³/mol. The summed E-state index contributed by atoms with van der Waals surface area (Å²) in [6.45, 7) is 5.18. The van der Waals surface area contributed by atoms with Gasteiger partial charge in [0.25, 0.3) is 0 Å². The van der Waals surface area contributed by atoms with Gasteiger partial charge >= 0.3 is 6.09 Å². The lowest BCUT2D eigenvalue weighted by Gasteiger charge is -2.31. The van der Waals surface area contributed by atoms with Crippen molar-refractivity contribution in [2.75, 3.05) is 47.4 Å². The molecule has 2 aromatic carbocycles. The van der Waals surface area contributed by atoms with Gasteiger partial charge in [0.2, 0.25) is 11.7 Å². The second-order valence-corrected chi connectivity index (χ2v) is 11.2. The number of piperazine rings is 1. The summed E-state index contributed by atoms with van der Waals surface area (Å²) in [6.07, 6.45) is 3.71. The summed E-state index contributed by atoms with van der Waals surface area (Å²) in [4.78, 5) is 29.8. The van der Waals surface area contributed by atoms with E-state index >= 15 is 0 Å². The van der Waals surface area contributed by atoms with E-state index in [4.69, 9.17) is 14.2 Å². The van der Waals surface area contributed by atoms with Gasteiger partial charge in [-0.15, -0.1) is 0 Å². The van der Waals surface area contributed by atoms with E-state index in [0.717, 1.165) is 41.0 Å². The summed E-state index contributed by atoms with van der Waals surface area (Å²) in [5.41, 5.74) is 4.45. The fourth-order valence-corrected chi connectivity index (χ4v) is 5.88. The largest absolute Gasteiger partial charge is 0.493 e. The molecule has 2 aliphatic rings. The van der Waals surface area contributed by atoms with Crippen LogP contribution in [0, 0.1) is 11.7 Å². The fraction of sp³-hybridized carbons (Fsp3) is 0.394. The van der Waals surface area contributed by atoms with E-state index in [0.29, 0.717) is 31.1 Å². The molecular weight excluding hydrogens is 551 g/mol. The van der Waals surface area contributed by atoms with Crippen LogP contribution in [0.25, 0.3) is 11.6 Å². The number of likely N-dealkylation sites (N-methyl/N-ethyl adjacent to an activating group) is 1. The molecule has 0 spiro atoms. The first-order valence-electron chi connectivity index (χ1n) is 14.5. The average Bonchev–Trinajstić information content (AvgIpc) is 3.52. The Morgan fingerprint density at radius 3 is 2.35 bits per heavy atom. The standard InChI is InChI=1S/C33H39FN4O5/c1-21-26(25-9-8-23(34)18-28(25)27(21)19-31(39)35-20-24-7-6-10-37(24)3)15-22-16-29(41-4)32(30(17-22)42-5)43-33(40)38-13-11-36(2)12-14-38/h6-10,15-18,21,27H,11-14,19-20H2,1-5H3,(H,35,39)/b26-15-. The number of amides is 2. The summed E-state index contributed by atoms with van der Waals surface area (Å²) in [7, 11) is 6.98. The number of nitrogens with one attached hydrogen (secondary N) is 1. The Hall–Kier alpha value is -4.31.